The van der Waals surface area contributed by atoms with Crippen molar-refractivity contribution >= 4 is 23.8 Å². The molecule has 3 unspecified atom stereocenters. The molecule has 122 valence electrons. The highest BCUT2D eigenvalue weighted by Crippen LogP contribution is 2.32. The lowest BCUT2D eigenvalue weighted by atomic mass is 10.2. The van der Waals surface area contributed by atoms with Crippen molar-refractivity contribution in [3.63, 3.8) is 0 Å². The van der Waals surface area contributed by atoms with Crippen LogP contribution in [0.3, 0.4) is 0 Å². The first-order valence-electron chi connectivity index (χ1n) is 7.47. The summed E-state index contributed by atoms with van der Waals surface area (Å²) in [4.78, 5) is 25.3. The summed E-state index contributed by atoms with van der Waals surface area (Å²) >= 11 is 1.55. The van der Waals surface area contributed by atoms with E-state index >= 15 is 0 Å². The molecular formula is C14H26N2O4S. The Morgan fingerprint density at radius 1 is 1.43 bits per heavy atom. The number of carboxylic acid groups (broad SMARTS) is 1. The lowest BCUT2D eigenvalue weighted by molar-refractivity contribution is -0.141. The minimum absolute atomic E-state index is 0.0547. The highest BCUT2D eigenvalue weighted by atomic mass is 32.2. The summed E-state index contributed by atoms with van der Waals surface area (Å²) < 4.78 is 5.11. The molecule has 0 spiro atoms. The van der Waals surface area contributed by atoms with Crippen molar-refractivity contribution in [2.75, 3.05) is 19.5 Å². The quantitative estimate of drug-likeness (QED) is 0.717. The van der Waals surface area contributed by atoms with Crippen LogP contribution in [0.5, 0.6) is 0 Å². The second kappa shape index (κ2) is 9.15. The van der Waals surface area contributed by atoms with E-state index in [1.54, 1.807) is 18.9 Å². The SMILES string of the molecule is CCCC(COC)NC(=O)N1C(CCC)SCC1C(=O)O. The van der Waals surface area contributed by atoms with Crippen molar-refractivity contribution in [2.24, 2.45) is 0 Å². The zero-order valence-corrected chi connectivity index (χ0v) is 13.8. The third-order valence-electron chi connectivity index (χ3n) is 3.48. The lowest BCUT2D eigenvalue weighted by Gasteiger charge is -2.29. The van der Waals surface area contributed by atoms with E-state index < -0.39 is 12.0 Å². The fourth-order valence-corrected chi connectivity index (χ4v) is 4.00. The van der Waals surface area contributed by atoms with Gasteiger partial charge in [0.15, 0.2) is 0 Å². The van der Waals surface area contributed by atoms with Gasteiger partial charge >= 0.3 is 12.0 Å². The predicted octanol–water partition coefficient (Wildman–Crippen LogP) is 2.14. The monoisotopic (exact) mass is 318 g/mol. The Kier molecular flexibility index (Phi) is 7.88. The first kappa shape index (κ1) is 18.1. The van der Waals surface area contributed by atoms with E-state index in [9.17, 15) is 14.7 Å². The third-order valence-corrected chi connectivity index (χ3v) is 4.84. The number of rotatable bonds is 8. The normalized spacial score (nSPS) is 23.1. The summed E-state index contributed by atoms with van der Waals surface area (Å²) in [5, 5.41) is 12.2. The molecule has 2 amide bonds. The van der Waals surface area contributed by atoms with E-state index in [4.69, 9.17) is 4.74 Å². The molecule has 1 saturated heterocycles. The largest absolute Gasteiger partial charge is 0.480 e. The molecule has 2 N–H and O–H groups in total. The summed E-state index contributed by atoms with van der Waals surface area (Å²) in [6, 6.07) is -1.10. The molecule has 1 fully saturated rings. The van der Waals surface area contributed by atoms with Gasteiger partial charge in [0.25, 0.3) is 0 Å². The minimum Gasteiger partial charge on any atom is -0.480 e. The molecule has 0 aliphatic carbocycles. The van der Waals surface area contributed by atoms with Gasteiger partial charge in [-0.1, -0.05) is 26.7 Å². The Labute approximate surface area is 130 Å². The number of methoxy groups -OCH3 is 1. The van der Waals surface area contributed by atoms with Crippen LogP contribution in [0, 0.1) is 0 Å². The summed E-state index contributed by atoms with van der Waals surface area (Å²) in [5.74, 6) is -0.481. The molecule has 1 aliphatic heterocycles. The van der Waals surface area contributed by atoms with Crippen LogP contribution >= 0.6 is 11.8 Å². The number of nitrogens with one attached hydrogen (secondary N) is 1. The molecule has 1 heterocycles. The Morgan fingerprint density at radius 2 is 2.14 bits per heavy atom. The Balaban J connectivity index is 2.75. The van der Waals surface area contributed by atoms with Gasteiger partial charge in [-0.25, -0.2) is 9.59 Å². The zero-order chi connectivity index (χ0) is 15.8. The highest BCUT2D eigenvalue weighted by Gasteiger charge is 2.41. The van der Waals surface area contributed by atoms with Crippen molar-refractivity contribution in [1.29, 1.82) is 0 Å². The van der Waals surface area contributed by atoms with Gasteiger partial charge in [0.2, 0.25) is 0 Å². The molecule has 0 aromatic rings. The molecule has 7 heteroatoms. The average Bonchev–Trinajstić information content (AvgIpc) is 2.83. The summed E-state index contributed by atoms with van der Waals surface area (Å²) in [5.41, 5.74) is 0. The second-order valence-electron chi connectivity index (χ2n) is 5.23. The second-order valence-corrected chi connectivity index (χ2v) is 6.44. The summed E-state index contributed by atoms with van der Waals surface area (Å²) in [7, 11) is 1.60. The first-order valence-corrected chi connectivity index (χ1v) is 8.52. The van der Waals surface area contributed by atoms with Crippen LogP contribution in [-0.2, 0) is 9.53 Å². The van der Waals surface area contributed by atoms with Gasteiger partial charge in [0.05, 0.1) is 18.0 Å². The molecule has 1 rings (SSSR count). The van der Waals surface area contributed by atoms with Gasteiger partial charge in [0, 0.05) is 12.9 Å². The molecule has 1 aliphatic rings. The number of nitrogens with zero attached hydrogens (tertiary/aromatic N) is 1. The van der Waals surface area contributed by atoms with Gasteiger partial charge in [-0.3, -0.25) is 4.90 Å². The van der Waals surface area contributed by atoms with Gasteiger partial charge in [-0.2, -0.15) is 0 Å². The zero-order valence-electron chi connectivity index (χ0n) is 13.0. The van der Waals surface area contributed by atoms with Crippen LogP contribution < -0.4 is 5.32 Å². The predicted molar refractivity (Wildman–Crippen MR) is 83.5 cm³/mol. The number of thioether (sulfide) groups is 1. The lowest BCUT2D eigenvalue weighted by Crippen LogP contribution is -2.53. The third kappa shape index (κ3) is 5.07. The van der Waals surface area contributed by atoms with Crippen LogP contribution in [0.25, 0.3) is 0 Å². The van der Waals surface area contributed by atoms with Gasteiger partial charge in [0.1, 0.15) is 6.04 Å². The first-order chi connectivity index (χ1) is 10.0. The van der Waals surface area contributed by atoms with Crippen molar-refractivity contribution in [2.45, 2.75) is 57.0 Å². The van der Waals surface area contributed by atoms with Gasteiger partial charge < -0.3 is 15.2 Å². The Morgan fingerprint density at radius 3 is 2.67 bits per heavy atom. The van der Waals surface area contributed by atoms with Crippen LogP contribution in [0.1, 0.15) is 39.5 Å². The summed E-state index contributed by atoms with van der Waals surface area (Å²) in [6.07, 6.45) is 3.48. The number of ether oxygens (including phenoxy) is 1. The van der Waals surface area contributed by atoms with Crippen LogP contribution in [0.2, 0.25) is 0 Å². The number of hydrogen-bond donors (Lipinski definition) is 2. The number of amides is 2. The topological polar surface area (TPSA) is 78.9 Å². The summed E-state index contributed by atoms with van der Waals surface area (Å²) in [6.45, 7) is 4.52. The number of aliphatic carboxylic acids is 1. The maximum absolute atomic E-state index is 12.5. The molecule has 21 heavy (non-hydrogen) atoms. The maximum atomic E-state index is 12.5. The van der Waals surface area contributed by atoms with Crippen LogP contribution in [-0.4, -0.2) is 58.9 Å². The molecule has 3 atom stereocenters. The molecule has 0 bridgehead atoms. The van der Waals surface area contributed by atoms with Crippen molar-refractivity contribution < 1.29 is 19.4 Å². The van der Waals surface area contributed by atoms with E-state index in [0.717, 1.165) is 25.7 Å². The smallest absolute Gasteiger partial charge is 0.327 e. The van der Waals surface area contributed by atoms with E-state index in [2.05, 4.69) is 5.32 Å². The van der Waals surface area contributed by atoms with Crippen molar-refractivity contribution in [1.82, 2.24) is 10.2 Å². The van der Waals surface area contributed by atoms with E-state index in [1.165, 1.54) is 4.90 Å². The van der Waals surface area contributed by atoms with E-state index in [0.29, 0.717) is 12.4 Å². The van der Waals surface area contributed by atoms with Crippen LogP contribution in [0.15, 0.2) is 0 Å². The van der Waals surface area contributed by atoms with Gasteiger partial charge in [-0.05, 0) is 12.8 Å². The van der Waals surface area contributed by atoms with E-state index in [-0.39, 0.29) is 17.4 Å². The van der Waals surface area contributed by atoms with Gasteiger partial charge in [-0.15, -0.1) is 11.8 Å². The number of hydrogen-bond acceptors (Lipinski definition) is 4. The molecule has 0 aromatic carbocycles. The number of urea groups is 1. The molecule has 0 aromatic heterocycles. The van der Waals surface area contributed by atoms with E-state index in [1.807, 2.05) is 13.8 Å². The number of carboxylic acids is 1. The Hall–Kier alpha value is -0.950. The maximum Gasteiger partial charge on any atom is 0.327 e. The molecule has 0 saturated carbocycles. The number of carbonyl (C=O) groups is 2. The minimum atomic E-state index is -0.935. The van der Waals surface area contributed by atoms with Crippen LogP contribution in [0.4, 0.5) is 4.79 Å². The molecule has 0 radical (unpaired) electrons. The van der Waals surface area contributed by atoms with Crippen molar-refractivity contribution in [3.8, 4) is 0 Å². The Bertz CT molecular complexity index is 348. The highest BCUT2D eigenvalue weighted by molar-refractivity contribution is 8.00. The standard InChI is InChI=1S/C14H26N2O4S/c1-4-6-10(8-20-3)15-14(19)16-11(13(17)18)9-21-12(16)7-5-2/h10-12H,4-9H2,1-3H3,(H,15,19)(H,17,18). The number of carbonyl (C=O) groups excluding carboxylic acids is 1. The fraction of sp³-hybridized carbons (Fsp3) is 0.857. The fourth-order valence-electron chi connectivity index (χ4n) is 2.49. The molecule has 6 nitrogen and oxygen atoms in total. The average molecular weight is 318 g/mol. The van der Waals surface area contributed by atoms with Crippen molar-refractivity contribution in [3.05, 3.63) is 0 Å². The molecular weight excluding hydrogens is 292 g/mol.